The molecule has 0 aliphatic carbocycles. The molecule has 10 heteroatoms. The molecule has 0 saturated heterocycles. The number of aromatic carboxylic acids is 1. The number of thioether (sulfide) groups is 1. The van der Waals surface area contributed by atoms with Crippen molar-refractivity contribution in [2.75, 3.05) is 10.0 Å². The summed E-state index contributed by atoms with van der Waals surface area (Å²) in [6.07, 6.45) is 0. The fourth-order valence-corrected chi connectivity index (χ4v) is 4.77. The second-order valence-electron chi connectivity index (χ2n) is 6.69. The fraction of sp³-hybridized carbons (Fsp3) is 0.0909. The van der Waals surface area contributed by atoms with Crippen molar-refractivity contribution in [2.24, 2.45) is 0 Å². The van der Waals surface area contributed by atoms with Crippen molar-refractivity contribution >= 4 is 56.6 Å². The summed E-state index contributed by atoms with van der Waals surface area (Å²) in [5.41, 5.74) is 0.626. The Morgan fingerprint density at radius 1 is 1.00 bits per heavy atom. The minimum absolute atomic E-state index is 0.0125. The zero-order chi connectivity index (χ0) is 23.3. The summed E-state index contributed by atoms with van der Waals surface area (Å²) in [7, 11) is -3.69. The van der Waals surface area contributed by atoms with E-state index in [9.17, 15) is 18.0 Å². The number of carbonyl (C=O) groups is 2. The largest absolute Gasteiger partial charge is 0.478 e. The first kappa shape index (κ1) is 23.6. The summed E-state index contributed by atoms with van der Waals surface area (Å²) in [6, 6.07) is 18.7. The summed E-state index contributed by atoms with van der Waals surface area (Å²) >= 11 is 7.32. The van der Waals surface area contributed by atoms with Crippen molar-refractivity contribution in [3.05, 3.63) is 83.4 Å². The molecule has 0 heterocycles. The average Bonchev–Trinajstić information content (AvgIpc) is 2.76. The van der Waals surface area contributed by atoms with Crippen LogP contribution in [0.5, 0.6) is 0 Å². The number of amides is 1. The van der Waals surface area contributed by atoms with Crippen LogP contribution in [0.1, 0.15) is 17.3 Å². The highest BCUT2D eigenvalue weighted by Crippen LogP contribution is 2.28. The third-order valence-corrected chi connectivity index (χ3v) is 7.15. The van der Waals surface area contributed by atoms with Crippen LogP contribution in [0.3, 0.4) is 0 Å². The number of halogens is 1. The molecule has 0 spiro atoms. The number of carboxylic acids is 1. The quantitative estimate of drug-likeness (QED) is 0.385. The lowest BCUT2D eigenvalue weighted by Crippen LogP contribution is -2.22. The molecule has 0 aliphatic rings. The van der Waals surface area contributed by atoms with Gasteiger partial charge in [-0.25, -0.2) is 13.2 Å². The van der Waals surface area contributed by atoms with E-state index in [-0.39, 0.29) is 27.1 Å². The van der Waals surface area contributed by atoms with Crippen LogP contribution in [0.4, 0.5) is 11.4 Å². The van der Waals surface area contributed by atoms with Gasteiger partial charge in [0.2, 0.25) is 5.91 Å². The second kappa shape index (κ2) is 10.1. The number of carbonyl (C=O) groups excluding carboxylic acids is 1. The molecular weight excluding hydrogens is 472 g/mol. The Hall–Kier alpha value is -3.01. The third kappa shape index (κ3) is 6.03. The maximum atomic E-state index is 12.5. The monoisotopic (exact) mass is 490 g/mol. The van der Waals surface area contributed by atoms with Gasteiger partial charge in [-0.3, -0.25) is 9.52 Å². The number of nitrogens with one attached hydrogen (secondary N) is 2. The van der Waals surface area contributed by atoms with Gasteiger partial charge in [0.05, 0.1) is 26.4 Å². The van der Waals surface area contributed by atoms with Gasteiger partial charge in [-0.15, -0.1) is 11.8 Å². The Labute approximate surface area is 194 Å². The lowest BCUT2D eigenvalue weighted by Gasteiger charge is -2.14. The molecule has 1 amide bonds. The smallest absolute Gasteiger partial charge is 0.335 e. The fourth-order valence-electron chi connectivity index (χ4n) is 2.66. The third-order valence-electron chi connectivity index (χ3n) is 4.31. The van der Waals surface area contributed by atoms with Crippen molar-refractivity contribution in [3.63, 3.8) is 0 Å². The molecule has 3 N–H and O–H groups in total. The normalized spacial score (nSPS) is 12.1. The Morgan fingerprint density at radius 3 is 2.28 bits per heavy atom. The van der Waals surface area contributed by atoms with Gasteiger partial charge in [-0.05, 0) is 61.5 Å². The average molecular weight is 491 g/mol. The molecule has 0 radical (unpaired) electrons. The highest BCUT2D eigenvalue weighted by Gasteiger charge is 2.18. The van der Waals surface area contributed by atoms with Crippen molar-refractivity contribution in [2.45, 2.75) is 22.0 Å². The number of benzene rings is 3. The molecule has 1 unspecified atom stereocenters. The molecule has 166 valence electrons. The maximum Gasteiger partial charge on any atom is 0.335 e. The number of hydrogen-bond acceptors (Lipinski definition) is 5. The number of anilines is 2. The number of hydrogen-bond donors (Lipinski definition) is 3. The molecule has 3 aromatic carbocycles. The molecule has 7 nitrogen and oxygen atoms in total. The summed E-state index contributed by atoms with van der Waals surface area (Å²) in [4.78, 5) is 24.6. The van der Waals surface area contributed by atoms with E-state index >= 15 is 0 Å². The van der Waals surface area contributed by atoms with Gasteiger partial charge in [-0.1, -0.05) is 29.8 Å². The number of sulfonamides is 1. The SMILES string of the molecule is CC(Sc1ccc(NS(=O)(=O)c2ccccc2)cc1)C(=O)Nc1cc(C(=O)O)ccc1Cl. The van der Waals surface area contributed by atoms with E-state index in [0.29, 0.717) is 5.69 Å². The molecule has 32 heavy (non-hydrogen) atoms. The zero-order valence-electron chi connectivity index (χ0n) is 16.8. The van der Waals surface area contributed by atoms with E-state index < -0.39 is 21.2 Å². The topological polar surface area (TPSA) is 113 Å². The first-order valence-corrected chi connectivity index (χ1v) is 12.1. The Kier molecular flexibility index (Phi) is 7.44. The summed E-state index contributed by atoms with van der Waals surface area (Å²) in [6.45, 7) is 1.70. The van der Waals surface area contributed by atoms with Gasteiger partial charge in [-0.2, -0.15) is 0 Å². The minimum Gasteiger partial charge on any atom is -0.478 e. The molecule has 0 fully saturated rings. The van der Waals surface area contributed by atoms with Gasteiger partial charge in [0.15, 0.2) is 0 Å². The van der Waals surface area contributed by atoms with E-state index in [0.717, 1.165) is 4.90 Å². The number of rotatable bonds is 8. The summed E-state index contributed by atoms with van der Waals surface area (Å²) in [5.74, 6) is -1.48. The van der Waals surface area contributed by atoms with Gasteiger partial charge in [0, 0.05) is 10.6 Å². The van der Waals surface area contributed by atoms with E-state index in [2.05, 4.69) is 10.0 Å². The first-order chi connectivity index (χ1) is 15.2. The lowest BCUT2D eigenvalue weighted by molar-refractivity contribution is -0.115. The maximum absolute atomic E-state index is 12.5. The van der Waals surface area contributed by atoms with E-state index in [4.69, 9.17) is 16.7 Å². The summed E-state index contributed by atoms with van der Waals surface area (Å²) < 4.78 is 27.3. The second-order valence-corrected chi connectivity index (χ2v) is 10.2. The molecule has 0 saturated carbocycles. The van der Waals surface area contributed by atoms with Crippen LogP contribution in [-0.4, -0.2) is 30.7 Å². The van der Waals surface area contributed by atoms with Gasteiger partial charge in [0.1, 0.15) is 0 Å². The van der Waals surface area contributed by atoms with Gasteiger partial charge in [0.25, 0.3) is 10.0 Å². The molecule has 0 bridgehead atoms. The van der Waals surface area contributed by atoms with E-state index in [1.54, 1.807) is 49.4 Å². The van der Waals surface area contributed by atoms with Crippen LogP contribution in [0.15, 0.2) is 82.6 Å². The van der Waals surface area contributed by atoms with Crippen molar-refractivity contribution < 1.29 is 23.1 Å². The highest BCUT2D eigenvalue weighted by molar-refractivity contribution is 8.00. The zero-order valence-corrected chi connectivity index (χ0v) is 19.2. The predicted molar refractivity (Wildman–Crippen MR) is 126 cm³/mol. The van der Waals surface area contributed by atoms with Crippen LogP contribution in [0.25, 0.3) is 0 Å². The first-order valence-electron chi connectivity index (χ1n) is 9.34. The van der Waals surface area contributed by atoms with Crippen molar-refractivity contribution in [1.29, 1.82) is 0 Å². The predicted octanol–water partition coefficient (Wildman–Crippen LogP) is 4.96. The molecule has 3 aromatic rings. The standard InChI is InChI=1S/C22H19ClN2O5S2/c1-14(21(26)24-20-13-15(22(27)28)7-12-19(20)23)31-17-10-8-16(9-11-17)25-32(29,30)18-5-3-2-4-6-18/h2-14,25H,1H3,(H,24,26)(H,27,28). The van der Waals surface area contributed by atoms with E-state index in [1.807, 2.05) is 0 Å². The molecule has 0 aliphatic heterocycles. The van der Waals surface area contributed by atoms with Crippen molar-refractivity contribution in [3.8, 4) is 0 Å². The van der Waals surface area contributed by atoms with Crippen LogP contribution in [0.2, 0.25) is 5.02 Å². The van der Waals surface area contributed by atoms with E-state index in [1.165, 1.54) is 42.1 Å². The Morgan fingerprint density at radius 2 is 1.66 bits per heavy atom. The van der Waals surface area contributed by atoms with Crippen LogP contribution in [0, 0.1) is 0 Å². The Bertz CT molecular complexity index is 1230. The molecule has 3 rings (SSSR count). The minimum atomic E-state index is -3.69. The van der Waals surface area contributed by atoms with Gasteiger partial charge >= 0.3 is 5.97 Å². The highest BCUT2D eigenvalue weighted by atomic mass is 35.5. The van der Waals surface area contributed by atoms with Crippen LogP contribution < -0.4 is 10.0 Å². The van der Waals surface area contributed by atoms with Crippen molar-refractivity contribution in [1.82, 2.24) is 0 Å². The lowest BCUT2D eigenvalue weighted by atomic mass is 10.2. The Balaban J connectivity index is 1.63. The van der Waals surface area contributed by atoms with Gasteiger partial charge < -0.3 is 10.4 Å². The summed E-state index contributed by atoms with van der Waals surface area (Å²) in [5, 5.41) is 11.4. The van der Waals surface area contributed by atoms with Crippen LogP contribution >= 0.6 is 23.4 Å². The molecule has 1 atom stereocenters. The number of carboxylic acid groups (broad SMARTS) is 1. The molecular formula is C22H19ClN2O5S2. The van der Waals surface area contributed by atoms with Crippen LogP contribution in [-0.2, 0) is 14.8 Å². The molecule has 0 aromatic heterocycles.